The molecule has 6 nitrogen and oxygen atoms in total. The number of piperazine rings is 1. The molecule has 0 aromatic heterocycles. The third-order valence-electron chi connectivity index (χ3n) is 4.68. The van der Waals surface area contributed by atoms with Crippen molar-refractivity contribution in [3.8, 4) is 0 Å². The topological polar surface area (TPSA) is 55.9 Å². The van der Waals surface area contributed by atoms with Crippen LogP contribution in [-0.4, -0.2) is 84.9 Å². The van der Waals surface area contributed by atoms with Gasteiger partial charge < -0.3 is 15.1 Å². The lowest BCUT2D eigenvalue weighted by atomic mass is 10.2. The fourth-order valence-electron chi connectivity index (χ4n) is 3.53. The van der Waals surface area contributed by atoms with E-state index in [9.17, 15) is 9.59 Å². The Hall–Kier alpha value is -1.14. The van der Waals surface area contributed by atoms with E-state index in [0.29, 0.717) is 19.1 Å². The Bertz CT molecular complexity index is 381. The predicted octanol–water partition coefficient (Wildman–Crippen LogP) is -0.885. The van der Waals surface area contributed by atoms with E-state index >= 15 is 0 Å². The highest BCUT2D eigenvalue weighted by Crippen LogP contribution is 2.21. The number of carbonyl (C=O) groups excluding carboxylic acids is 2. The van der Waals surface area contributed by atoms with Crippen LogP contribution < -0.4 is 5.32 Å². The summed E-state index contributed by atoms with van der Waals surface area (Å²) in [7, 11) is 0. The summed E-state index contributed by atoms with van der Waals surface area (Å²) in [6.07, 6.45) is 3.36. The maximum absolute atomic E-state index is 12.4. The largest absolute Gasteiger partial charge is 0.333 e. The first-order valence-corrected chi connectivity index (χ1v) is 7.78. The minimum absolute atomic E-state index is 0.291. The normalized spacial score (nSPS) is 28.1. The van der Waals surface area contributed by atoms with Gasteiger partial charge in [0.2, 0.25) is 0 Å². The summed E-state index contributed by atoms with van der Waals surface area (Å²) in [5, 5.41) is 3.20. The molecule has 1 atom stereocenters. The molecule has 112 valence electrons. The van der Waals surface area contributed by atoms with Gasteiger partial charge in [0.25, 0.3) is 0 Å². The average molecular weight is 280 g/mol. The molecule has 0 saturated carbocycles. The van der Waals surface area contributed by atoms with E-state index in [2.05, 4.69) is 10.2 Å². The van der Waals surface area contributed by atoms with Gasteiger partial charge in [-0.05, 0) is 25.8 Å². The lowest BCUT2D eigenvalue weighted by molar-refractivity contribution is -0.152. The summed E-state index contributed by atoms with van der Waals surface area (Å²) < 4.78 is 0. The van der Waals surface area contributed by atoms with Crippen LogP contribution in [0.3, 0.4) is 0 Å². The van der Waals surface area contributed by atoms with Crippen molar-refractivity contribution < 1.29 is 9.59 Å². The van der Waals surface area contributed by atoms with E-state index in [1.54, 1.807) is 9.80 Å². The highest BCUT2D eigenvalue weighted by atomic mass is 16.2. The molecule has 1 unspecified atom stereocenters. The Morgan fingerprint density at radius 2 is 1.55 bits per heavy atom. The summed E-state index contributed by atoms with van der Waals surface area (Å²) >= 11 is 0. The molecule has 0 spiro atoms. The molecule has 6 heteroatoms. The molecule has 3 heterocycles. The molecule has 0 aliphatic carbocycles. The summed E-state index contributed by atoms with van der Waals surface area (Å²) in [4.78, 5) is 30.7. The monoisotopic (exact) mass is 280 g/mol. The fourth-order valence-corrected chi connectivity index (χ4v) is 3.53. The molecule has 2 amide bonds. The Kier molecular flexibility index (Phi) is 4.21. The first-order chi connectivity index (χ1) is 9.75. The Morgan fingerprint density at radius 3 is 2.35 bits per heavy atom. The SMILES string of the molecule is O=C(C(=O)N1CCCN2CCCC2C1)N1CCNCC1. The van der Waals surface area contributed by atoms with E-state index in [1.807, 2.05) is 0 Å². The minimum Gasteiger partial charge on any atom is -0.333 e. The van der Waals surface area contributed by atoms with E-state index in [1.165, 1.54) is 6.42 Å². The van der Waals surface area contributed by atoms with E-state index in [4.69, 9.17) is 0 Å². The Morgan fingerprint density at radius 1 is 0.850 bits per heavy atom. The van der Waals surface area contributed by atoms with Crippen molar-refractivity contribution in [3.63, 3.8) is 0 Å². The van der Waals surface area contributed by atoms with Crippen molar-refractivity contribution in [2.24, 2.45) is 0 Å². The molecule has 0 aromatic rings. The van der Waals surface area contributed by atoms with Gasteiger partial charge in [0, 0.05) is 51.9 Å². The third-order valence-corrected chi connectivity index (χ3v) is 4.68. The standard InChI is InChI=1S/C14H24N4O2/c19-13(17-9-4-15-5-10-17)14(20)18-8-2-7-16-6-1-3-12(16)11-18/h12,15H,1-11H2. The molecular weight excluding hydrogens is 256 g/mol. The number of carbonyl (C=O) groups is 2. The van der Waals surface area contributed by atoms with Crippen LogP contribution in [0.25, 0.3) is 0 Å². The lowest BCUT2D eigenvalue weighted by Gasteiger charge is -2.30. The van der Waals surface area contributed by atoms with Crippen molar-refractivity contribution in [1.29, 1.82) is 0 Å². The van der Waals surface area contributed by atoms with E-state index < -0.39 is 0 Å². The van der Waals surface area contributed by atoms with E-state index in [0.717, 1.165) is 52.1 Å². The number of nitrogens with zero attached hydrogens (tertiary/aromatic N) is 3. The van der Waals surface area contributed by atoms with Gasteiger partial charge in [0.15, 0.2) is 0 Å². The summed E-state index contributed by atoms with van der Waals surface area (Å²) in [5.74, 6) is -0.599. The first-order valence-electron chi connectivity index (χ1n) is 7.78. The maximum atomic E-state index is 12.4. The Balaban J connectivity index is 1.61. The highest BCUT2D eigenvalue weighted by Gasteiger charge is 2.34. The van der Waals surface area contributed by atoms with Crippen LogP contribution in [0.4, 0.5) is 0 Å². The quantitative estimate of drug-likeness (QED) is 0.585. The van der Waals surface area contributed by atoms with Gasteiger partial charge in [0.1, 0.15) is 0 Å². The van der Waals surface area contributed by atoms with Crippen molar-refractivity contribution in [3.05, 3.63) is 0 Å². The molecule has 1 N–H and O–H groups in total. The third kappa shape index (κ3) is 2.81. The zero-order valence-electron chi connectivity index (χ0n) is 12.0. The van der Waals surface area contributed by atoms with Crippen LogP contribution in [0.1, 0.15) is 19.3 Å². The molecule has 0 aromatic carbocycles. The number of hydrogen-bond acceptors (Lipinski definition) is 4. The van der Waals surface area contributed by atoms with Crippen LogP contribution >= 0.6 is 0 Å². The van der Waals surface area contributed by atoms with Crippen molar-refractivity contribution in [1.82, 2.24) is 20.0 Å². The highest BCUT2D eigenvalue weighted by molar-refractivity contribution is 6.34. The van der Waals surface area contributed by atoms with Gasteiger partial charge >= 0.3 is 11.8 Å². The second-order valence-electron chi connectivity index (χ2n) is 5.98. The molecule has 20 heavy (non-hydrogen) atoms. The number of amides is 2. The molecule has 0 bridgehead atoms. The van der Waals surface area contributed by atoms with Gasteiger partial charge in [-0.15, -0.1) is 0 Å². The first kappa shape index (κ1) is 13.8. The lowest BCUT2D eigenvalue weighted by Crippen LogP contribution is -2.53. The Labute approximate surface area is 120 Å². The van der Waals surface area contributed by atoms with Crippen LogP contribution in [0.5, 0.6) is 0 Å². The van der Waals surface area contributed by atoms with E-state index in [-0.39, 0.29) is 11.8 Å². The minimum atomic E-state index is -0.307. The van der Waals surface area contributed by atoms with Gasteiger partial charge in [-0.2, -0.15) is 0 Å². The van der Waals surface area contributed by atoms with Crippen molar-refractivity contribution >= 4 is 11.8 Å². The fraction of sp³-hybridized carbons (Fsp3) is 0.857. The van der Waals surface area contributed by atoms with Crippen LogP contribution in [0.15, 0.2) is 0 Å². The molecule has 3 fully saturated rings. The number of hydrogen-bond donors (Lipinski definition) is 1. The van der Waals surface area contributed by atoms with Crippen LogP contribution in [0, 0.1) is 0 Å². The van der Waals surface area contributed by atoms with Crippen LogP contribution in [-0.2, 0) is 9.59 Å². The zero-order valence-corrected chi connectivity index (χ0v) is 12.0. The summed E-state index contributed by atoms with van der Waals surface area (Å²) in [6, 6.07) is 0.470. The molecule has 3 rings (SSSR count). The van der Waals surface area contributed by atoms with Gasteiger partial charge in [-0.1, -0.05) is 0 Å². The summed E-state index contributed by atoms with van der Waals surface area (Å²) in [5.41, 5.74) is 0. The average Bonchev–Trinajstić information content (AvgIpc) is 2.83. The molecule has 3 aliphatic heterocycles. The van der Waals surface area contributed by atoms with Gasteiger partial charge in [-0.25, -0.2) is 0 Å². The molecule has 3 aliphatic rings. The molecular formula is C14H24N4O2. The van der Waals surface area contributed by atoms with Gasteiger partial charge in [-0.3, -0.25) is 14.5 Å². The predicted molar refractivity (Wildman–Crippen MR) is 75.2 cm³/mol. The van der Waals surface area contributed by atoms with Gasteiger partial charge in [0.05, 0.1) is 0 Å². The number of rotatable bonds is 0. The van der Waals surface area contributed by atoms with Crippen molar-refractivity contribution in [2.45, 2.75) is 25.3 Å². The van der Waals surface area contributed by atoms with Crippen LogP contribution in [0.2, 0.25) is 0 Å². The van der Waals surface area contributed by atoms with Crippen molar-refractivity contribution in [2.75, 3.05) is 52.4 Å². The molecule has 0 radical (unpaired) electrons. The number of nitrogens with one attached hydrogen (secondary N) is 1. The summed E-state index contributed by atoms with van der Waals surface area (Å²) in [6.45, 7) is 6.54. The second kappa shape index (κ2) is 6.10. The zero-order chi connectivity index (χ0) is 13.9. The molecule has 3 saturated heterocycles. The maximum Gasteiger partial charge on any atom is 0.312 e. The smallest absolute Gasteiger partial charge is 0.312 e. The number of fused-ring (bicyclic) bond motifs is 1. The second-order valence-corrected chi connectivity index (χ2v) is 5.98.